The van der Waals surface area contributed by atoms with Gasteiger partial charge in [0.05, 0.1) is 19.7 Å². The summed E-state index contributed by atoms with van der Waals surface area (Å²) in [5, 5.41) is 35.8. The van der Waals surface area contributed by atoms with Crippen molar-refractivity contribution in [2.75, 3.05) is 26.2 Å². The van der Waals surface area contributed by atoms with E-state index in [2.05, 4.69) is 10.6 Å². The summed E-state index contributed by atoms with van der Waals surface area (Å²) in [7, 11) is 0. The zero-order chi connectivity index (χ0) is 11.0. The summed E-state index contributed by atoms with van der Waals surface area (Å²) in [4.78, 5) is -0.0434. The van der Waals surface area contributed by atoms with Crippen LogP contribution in [0.25, 0.3) is 0 Å². The first-order valence-corrected chi connectivity index (χ1v) is 4.51. The van der Waals surface area contributed by atoms with Crippen molar-refractivity contribution in [3.05, 3.63) is 10.4 Å². The first-order valence-electron chi connectivity index (χ1n) is 4.51. The van der Waals surface area contributed by atoms with Crippen LogP contribution in [0.4, 0.5) is 0 Å². The predicted molar refractivity (Wildman–Crippen MR) is 51.2 cm³/mol. The molecule has 0 unspecified atom stereocenters. The summed E-state index contributed by atoms with van der Waals surface area (Å²) >= 11 is 0. The second kappa shape index (κ2) is 7.34. The molecule has 14 heavy (non-hydrogen) atoms. The lowest BCUT2D eigenvalue weighted by molar-refractivity contribution is -0.690. The topological polar surface area (TPSA) is 97.0 Å². The van der Waals surface area contributed by atoms with Gasteiger partial charge in [0.1, 0.15) is 0 Å². The highest BCUT2D eigenvalue weighted by molar-refractivity contribution is 4.54. The highest BCUT2D eigenvalue weighted by Crippen LogP contribution is 1.89. The molecule has 0 aliphatic carbocycles. The molecule has 0 heterocycles. The van der Waals surface area contributed by atoms with Gasteiger partial charge in [-0.05, 0) is 5.28 Å². The molecule has 7 nitrogen and oxygen atoms in total. The van der Waals surface area contributed by atoms with E-state index < -0.39 is 0 Å². The third-order valence-electron chi connectivity index (χ3n) is 1.59. The molecule has 0 fully saturated rings. The van der Waals surface area contributed by atoms with Gasteiger partial charge in [0.2, 0.25) is 0 Å². The Balaban J connectivity index is 3.85. The van der Waals surface area contributed by atoms with Crippen LogP contribution in [0.5, 0.6) is 0 Å². The molecule has 0 aromatic rings. The Morgan fingerprint density at radius 1 is 1.50 bits per heavy atom. The van der Waals surface area contributed by atoms with E-state index in [4.69, 9.17) is 5.11 Å². The van der Waals surface area contributed by atoms with Crippen LogP contribution in [0.15, 0.2) is 5.28 Å². The highest BCUT2D eigenvalue weighted by atomic mass is 16.6. The van der Waals surface area contributed by atoms with Gasteiger partial charge in [0, 0.05) is 17.6 Å². The van der Waals surface area contributed by atoms with Crippen molar-refractivity contribution < 1.29 is 10.1 Å². The number of hydrogen-bond acceptors (Lipinski definition) is 5. The molecule has 0 aromatic heterocycles. The monoisotopic (exact) mass is 205 g/mol. The zero-order valence-electron chi connectivity index (χ0n) is 8.51. The van der Waals surface area contributed by atoms with E-state index in [1.807, 2.05) is 13.8 Å². The van der Waals surface area contributed by atoms with Gasteiger partial charge in [-0.2, -0.15) is 0 Å². The van der Waals surface area contributed by atoms with Crippen molar-refractivity contribution in [2.45, 2.75) is 19.9 Å². The summed E-state index contributed by atoms with van der Waals surface area (Å²) in [6.45, 7) is 4.78. The molecule has 0 saturated carbocycles. The summed E-state index contributed by atoms with van der Waals surface area (Å²) in [5.74, 6) is 0. The van der Waals surface area contributed by atoms with Crippen LogP contribution >= 0.6 is 0 Å². The lowest BCUT2D eigenvalue weighted by Gasteiger charge is -2.19. The minimum atomic E-state index is -0.185. The van der Waals surface area contributed by atoms with Crippen molar-refractivity contribution in [3.63, 3.8) is 0 Å². The van der Waals surface area contributed by atoms with E-state index in [1.165, 1.54) is 0 Å². The number of aliphatic hydroxyl groups excluding tert-OH is 1. The van der Waals surface area contributed by atoms with Crippen LogP contribution in [0.3, 0.4) is 0 Å². The highest BCUT2D eigenvalue weighted by Gasteiger charge is 2.09. The van der Waals surface area contributed by atoms with Gasteiger partial charge in [-0.25, -0.2) is 0 Å². The lowest BCUT2D eigenvalue weighted by atomic mass is 10.4. The fourth-order valence-corrected chi connectivity index (χ4v) is 0.932. The van der Waals surface area contributed by atoms with Crippen molar-refractivity contribution in [2.24, 2.45) is 5.28 Å². The van der Waals surface area contributed by atoms with Crippen LogP contribution in [-0.4, -0.2) is 47.4 Å². The summed E-state index contributed by atoms with van der Waals surface area (Å²) in [6.07, 6.45) is 0. The minimum Gasteiger partial charge on any atom is -0.737 e. The molecule has 2 N–H and O–H groups in total. The molecule has 0 radical (unpaired) electrons. The average Bonchev–Trinajstić information content (AvgIpc) is 2.15. The van der Waals surface area contributed by atoms with Gasteiger partial charge in [-0.15, -0.1) is 5.01 Å². The van der Waals surface area contributed by atoms with Crippen molar-refractivity contribution >= 4 is 0 Å². The standard InChI is InChI=1S/C7H18N4O3/c1-7(2)8-3-4-10(5-6-12)11(14)9-13/h7-8,12-13H,3-6H2,1-2H3/p-1/b11-9-. The molecule has 0 rings (SSSR count). The van der Waals surface area contributed by atoms with E-state index in [1.54, 1.807) is 0 Å². The molecule has 0 aliphatic rings. The van der Waals surface area contributed by atoms with Gasteiger partial charge in [0.15, 0.2) is 0 Å². The number of hydrazine groups is 1. The maximum atomic E-state index is 10.8. The molecule has 0 aromatic carbocycles. The zero-order valence-corrected chi connectivity index (χ0v) is 8.51. The molecule has 84 valence electrons. The maximum Gasteiger partial charge on any atom is 0.0999 e. The third kappa shape index (κ3) is 5.55. The van der Waals surface area contributed by atoms with Crippen molar-refractivity contribution in [1.29, 1.82) is 0 Å². The lowest BCUT2D eigenvalue weighted by Crippen LogP contribution is -2.39. The van der Waals surface area contributed by atoms with E-state index in [0.717, 1.165) is 5.01 Å². The molecule has 0 bridgehead atoms. The Hall–Kier alpha value is -1.08. The Morgan fingerprint density at radius 2 is 2.14 bits per heavy atom. The number of nitrogens with one attached hydrogen (secondary N) is 1. The van der Waals surface area contributed by atoms with Gasteiger partial charge in [-0.1, -0.05) is 13.8 Å². The summed E-state index contributed by atoms with van der Waals surface area (Å²) in [6, 6.07) is 0.315. The van der Waals surface area contributed by atoms with E-state index in [9.17, 15) is 10.4 Å². The Morgan fingerprint density at radius 3 is 2.57 bits per heavy atom. The Labute approximate surface area is 83.2 Å². The second-order valence-corrected chi connectivity index (χ2v) is 3.12. The van der Waals surface area contributed by atoms with Gasteiger partial charge < -0.3 is 20.8 Å². The smallest absolute Gasteiger partial charge is 0.0999 e. The summed E-state index contributed by atoms with van der Waals surface area (Å²) < 4.78 is 0. The maximum absolute atomic E-state index is 10.8. The SMILES string of the molecule is CC(C)NCCN(CCO)/[N+]([O-])=N/[O-]. The van der Waals surface area contributed by atoms with Crippen LogP contribution in [0, 0.1) is 10.4 Å². The first kappa shape index (κ1) is 12.9. The predicted octanol–water partition coefficient (Wildman–Crippen LogP) is -0.346. The van der Waals surface area contributed by atoms with E-state index >= 15 is 0 Å². The van der Waals surface area contributed by atoms with Gasteiger partial charge in [-0.3, -0.25) is 0 Å². The molecular weight excluding hydrogens is 188 g/mol. The number of aliphatic hydroxyl groups is 1. The molecule has 0 saturated heterocycles. The number of rotatable bonds is 7. The minimum absolute atomic E-state index is 0.0434. The normalized spacial score (nSPS) is 12.1. The van der Waals surface area contributed by atoms with Crippen molar-refractivity contribution in [3.8, 4) is 0 Å². The molecule has 0 aliphatic heterocycles. The van der Waals surface area contributed by atoms with Crippen LogP contribution in [0.2, 0.25) is 0 Å². The van der Waals surface area contributed by atoms with Crippen LogP contribution in [-0.2, 0) is 0 Å². The van der Waals surface area contributed by atoms with Crippen LogP contribution < -0.4 is 5.32 Å². The fraction of sp³-hybridized carbons (Fsp3) is 1.00. The van der Waals surface area contributed by atoms with Gasteiger partial charge in [0.25, 0.3) is 0 Å². The number of nitrogens with zero attached hydrogens (tertiary/aromatic N) is 3. The summed E-state index contributed by atoms with van der Waals surface area (Å²) in [5.41, 5.74) is 0. The molecule has 0 atom stereocenters. The molecule has 0 amide bonds. The van der Waals surface area contributed by atoms with E-state index in [-0.39, 0.29) is 18.1 Å². The second-order valence-electron chi connectivity index (χ2n) is 3.12. The molecule has 0 spiro atoms. The third-order valence-corrected chi connectivity index (χ3v) is 1.59. The fourth-order valence-electron chi connectivity index (χ4n) is 0.932. The largest absolute Gasteiger partial charge is 0.737 e. The Bertz CT molecular complexity index is 174. The molecular formula is C7H17N4O3-. The average molecular weight is 205 g/mol. The number of hydrogen-bond donors (Lipinski definition) is 2. The first-order chi connectivity index (χ1) is 6.61. The quantitative estimate of drug-likeness (QED) is 0.336. The molecule has 7 heteroatoms. The Kier molecular flexibility index (Phi) is 6.77. The van der Waals surface area contributed by atoms with Crippen LogP contribution in [0.1, 0.15) is 13.8 Å². The van der Waals surface area contributed by atoms with E-state index in [0.29, 0.717) is 19.1 Å². The van der Waals surface area contributed by atoms with Crippen molar-refractivity contribution in [1.82, 2.24) is 10.3 Å². The van der Waals surface area contributed by atoms with Gasteiger partial charge >= 0.3 is 0 Å².